The summed E-state index contributed by atoms with van der Waals surface area (Å²) in [5, 5.41) is 0. The second kappa shape index (κ2) is 5.98. The molecule has 2 fully saturated rings. The van der Waals surface area contributed by atoms with E-state index in [0.29, 0.717) is 6.10 Å². The maximum atomic E-state index is 6.41. The first-order chi connectivity index (χ1) is 9.67. The molecule has 3 rings (SSSR count). The summed E-state index contributed by atoms with van der Waals surface area (Å²) in [7, 11) is 0. The van der Waals surface area contributed by atoms with Gasteiger partial charge in [-0.3, -0.25) is 0 Å². The van der Waals surface area contributed by atoms with Gasteiger partial charge in [-0.2, -0.15) is 0 Å². The van der Waals surface area contributed by atoms with Crippen LogP contribution >= 0.6 is 11.8 Å². The molecule has 2 aliphatic rings. The predicted octanol–water partition coefficient (Wildman–Crippen LogP) is 4.55. The highest BCUT2D eigenvalue weighted by Crippen LogP contribution is 2.43. The zero-order valence-corrected chi connectivity index (χ0v) is 13.2. The molecule has 1 spiro atoms. The van der Waals surface area contributed by atoms with Gasteiger partial charge < -0.3 is 10.5 Å². The first-order valence-corrected chi connectivity index (χ1v) is 8.82. The van der Waals surface area contributed by atoms with E-state index in [-0.39, 0.29) is 5.60 Å². The van der Waals surface area contributed by atoms with Crippen LogP contribution in [-0.4, -0.2) is 17.5 Å². The highest BCUT2D eigenvalue weighted by Gasteiger charge is 2.40. The third-order valence-electron chi connectivity index (χ3n) is 4.69. The molecule has 1 saturated carbocycles. The van der Waals surface area contributed by atoms with E-state index in [9.17, 15) is 0 Å². The number of hydrogen-bond donors (Lipinski definition) is 1. The van der Waals surface area contributed by atoms with Crippen molar-refractivity contribution in [3.05, 3.63) is 23.8 Å². The molecule has 0 bridgehead atoms. The fourth-order valence-electron chi connectivity index (χ4n) is 3.56. The van der Waals surface area contributed by atoms with Crippen LogP contribution in [0.2, 0.25) is 0 Å². The zero-order chi connectivity index (χ0) is 14.0. The van der Waals surface area contributed by atoms with Crippen molar-refractivity contribution in [2.45, 2.75) is 68.5 Å². The van der Waals surface area contributed by atoms with Gasteiger partial charge in [0.15, 0.2) is 0 Å². The minimum absolute atomic E-state index is 0.238. The lowest BCUT2D eigenvalue weighted by molar-refractivity contribution is -0.0555. The molecule has 1 saturated heterocycles. The Kier molecular flexibility index (Phi) is 4.27. The van der Waals surface area contributed by atoms with Crippen molar-refractivity contribution in [3.63, 3.8) is 0 Å². The van der Waals surface area contributed by atoms with E-state index in [1.807, 2.05) is 11.8 Å². The first kappa shape index (κ1) is 14.3. The lowest BCUT2D eigenvalue weighted by atomic mass is 9.83. The normalized spacial score (nSPS) is 25.1. The largest absolute Gasteiger partial charge is 0.398 e. The van der Waals surface area contributed by atoms with Crippen LogP contribution in [0.15, 0.2) is 23.1 Å². The van der Waals surface area contributed by atoms with Gasteiger partial charge in [0.05, 0.1) is 11.7 Å². The summed E-state index contributed by atoms with van der Waals surface area (Å²) in [4.78, 5) is 1.20. The number of hydrogen-bond acceptors (Lipinski definition) is 3. The van der Waals surface area contributed by atoms with Crippen LogP contribution < -0.4 is 5.73 Å². The number of rotatable bonds is 3. The van der Waals surface area contributed by atoms with E-state index in [2.05, 4.69) is 25.1 Å². The van der Waals surface area contributed by atoms with Crippen LogP contribution in [-0.2, 0) is 4.74 Å². The molecule has 1 aliphatic carbocycles. The highest BCUT2D eigenvalue weighted by molar-refractivity contribution is 7.99. The minimum atomic E-state index is 0.238. The van der Waals surface area contributed by atoms with Crippen LogP contribution in [0.4, 0.5) is 5.69 Å². The van der Waals surface area contributed by atoms with Gasteiger partial charge in [0, 0.05) is 16.3 Å². The third kappa shape index (κ3) is 3.15. The predicted molar refractivity (Wildman–Crippen MR) is 86.2 cm³/mol. The lowest BCUT2D eigenvalue weighted by Crippen LogP contribution is -2.32. The average molecular weight is 291 g/mol. The maximum absolute atomic E-state index is 6.41. The van der Waals surface area contributed by atoms with Crippen LogP contribution in [0.5, 0.6) is 0 Å². The molecule has 1 aromatic rings. The standard InChI is InChI=1S/C17H25NOS/c1-13-5-6-16(15(18)11-13)20-12-14-7-10-17(19-14)8-3-2-4-9-17/h5-6,11,14H,2-4,7-10,12,18H2,1H3. The van der Waals surface area contributed by atoms with E-state index in [0.717, 1.165) is 11.4 Å². The van der Waals surface area contributed by atoms with E-state index in [4.69, 9.17) is 10.5 Å². The van der Waals surface area contributed by atoms with E-state index < -0.39 is 0 Å². The molecule has 2 N–H and O–H groups in total. The molecule has 1 unspecified atom stereocenters. The van der Waals surface area contributed by atoms with Crippen molar-refractivity contribution in [3.8, 4) is 0 Å². The number of nitrogens with two attached hydrogens (primary N) is 1. The molecule has 0 radical (unpaired) electrons. The Balaban J connectivity index is 1.54. The van der Waals surface area contributed by atoms with Crippen molar-refractivity contribution in [2.75, 3.05) is 11.5 Å². The lowest BCUT2D eigenvalue weighted by Gasteiger charge is -2.33. The molecule has 110 valence electrons. The summed E-state index contributed by atoms with van der Waals surface area (Å²) in [6.45, 7) is 2.08. The fourth-order valence-corrected chi connectivity index (χ4v) is 4.55. The van der Waals surface area contributed by atoms with Gasteiger partial charge in [0.2, 0.25) is 0 Å². The molecule has 0 aromatic heterocycles. The summed E-state index contributed by atoms with van der Waals surface area (Å²) in [5.74, 6) is 1.04. The van der Waals surface area contributed by atoms with Gasteiger partial charge in [-0.25, -0.2) is 0 Å². The van der Waals surface area contributed by atoms with E-state index in [1.165, 1.54) is 55.4 Å². The van der Waals surface area contributed by atoms with Gasteiger partial charge in [0.1, 0.15) is 0 Å². The van der Waals surface area contributed by atoms with Crippen molar-refractivity contribution in [1.82, 2.24) is 0 Å². The number of benzene rings is 1. The summed E-state index contributed by atoms with van der Waals surface area (Å²) in [5.41, 5.74) is 8.45. The molecule has 1 atom stereocenters. The number of aryl methyl sites for hydroxylation is 1. The molecule has 3 heteroatoms. The van der Waals surface area contributed by atoms with Crippen molar-refractivity contribution >= 4 is 17.4 Å². The molecule has 2 nitrogen and oxygen atoms in total. The quantitative estimate of drug-likeness (QED) is 0.655. The average Bonchev–Trinajstić information content (AvgIpc) is 2.82. The summed E-state index contributed by atoms with van der Waals surface area (Å²) in [6, 6.07) is 6.33. The highest BCUT2D eigenvalue weighted by atomic mass is 32.2. The Bertz CT molecular complexity index is 468. The van der Waals surface area contributed by atoms with E-state index >= 15 is 0 Å². The summed E-state index contributed by atoms with van der Waals surface area (Å²) < 4.78 is 6.41. The Morgan fingerprint density at radius 1 is 1.25 bits per heavy atom. The van der Waals surface area contributed by atoms with Gasteiger partial charge in [-0.15, -0.1) is 11.8 Å². The number of nitrogen functional groups attached to an aromatic ring is 1. The second-order valence-electron chi connectivity index (χ2n) is 6.37. The Morgan fingerprint density at radius 3 is 2.80 bits per heavy atom. The first-order valence-electron chi connectivity index (χ1n) is 7.84. The Labute approximate surface area is 126 Å². The number of anilines is 1. The number of thioether (sulfide) groups is 1. The molecular formula is C17H25NOS. The van der Waals surface area contributed by atoms with Gasteiger partial charge in [-0.05, 0) is 50.3 Å². The van der Waals surface area contributed by atoms with Gasteiger partial charge >= 0.3 is 0 Å². The molecule has 1 heterocycles. The fraction of sp³-hybridized carbons (Fsp3) is 0.647. The molecular weight excluding hydrogens is 266 g/mol. The molecule has 1 aliphatic heterocycles. The van der Waals surface area contributed by atoms with Crippen molar-refractivity contribution < 1.29 is 4.74 Å². The monoisotopic (exact) mass is 291 g/mol. The minimum Gasteiger partial charge on any atom is -0.398 e. The Hall–Kier alpha value is -0.670. The number of ether oxygens (including phenoxy) is 1. The molecule has 0 amide bonds. The van der Waals surface area contributed by atoms with Crippen LogP contribution in [0, 0.1) is 6.92 Å². The van der Waals surface area contributed by atoms with Gasteiger partial charge in [-0.1, -0.05) is 25.3 Å². The smallest absolute Gasteiger partial charge is 0.0687 e. The third-order valence-corrected chi connectivity index (χ3v) is 5.91. The van der Waals surface area contributed by atoms with Crippen LogP contribution in [0.25, 0.3) is 0 Å². The molecule has 1 aromatic carbocycles. The zero-order valence-electron chi connectivity index (χ0n) is 12.4. The van der Waals surface area contributed by atoms with E-state index in [1.54, 1.807) is 0 Å². The summed E-state index contributed by atoms with van der Waals surface area (Å²) >= 11 is 1.85. The van der Waals surface area contributed by atoms with Crippen molar-refractivity contribution in [2.24, 2.45) is 0 Å². The van der Waals surface area contributed by atoms with Crippen molar-refractivity contribution in [1.29, 1.82) is 0 Å². The topological polar surface area (TPSA) is 35.2 Å². The van der Waals surface area contributed by atoms with Crippen LogP contribution in [0.1, 0.15) is 50.5 Å². The molecule has 20 heavy (non-hydrogen) atoms. The van der Waals surface area contributed by atoms with Crippen LogP contribution in [0.3, 0.4) is 0 Å². The van der Waals surface area contributed by atoms with Gasteiger partial charge in [0.25, 0.3) is 0 Å². The summed E-state index contributed by atoms with van der Waals surface area (Å²) in [6.07, 6.45) is 9.56. The maximum Gasteiger partial charge on any atom is 0.0687 e. The Morgan fingerprint density at radius 2 is 2.05 bits per heavy atom. The SMILES string of the molecule is Cc1ccc(SCC2CCC3(CCCCC3)O2)c(N)c1. The second-order valence-corrected chi connectivity index (χ2v) is 7.44.